The highest BCUT2D eigenvalue weighted by atomic mass is 16.5. The van der Waals surface area contributed by atoms with E-state index in [1.807, 2.05) is 32.9 Å². The van der Waals surface area contributed by atoms with E-state index in [4.69, 9.17) is 9.47 Å². The summed E-state index contributed by atoms with van der Waals surface area (Å²) < 4.78 is 10.8. The zero-order valence-corrected chi connectivity index (χ0v) is 17.5. The molecule has 0 bridgehead atoms. The normalized spacial score (nSPS) is 12.1. The zero-order valence-electron chi connectivity index (χ0n) is 17.5. The predicted molar refractivity (Wildman–Crippen MR) is 110 cm³/mol. The SMILES string of the molecule is COc1cc(C)c(OC)c(CC=C(C)CC(=O)C=C(C)CCCC(C)=O)c1. The highest BCUT2D eigenvalue weighted by Gasteiger charge is 2.09. The number of ether oxygens (including phenoxy) is 2. The van der Waals surface area contributed by atoms with Crippen LogP contribution in [0.25, 0.3) is 0 Å². The largest absolute Gasteiger partial charge is 0.497 e. The van der Waals surface area contributed by atoms with Crippen molar-refractivity contribution >= 4 is 11.6 Å². The third-order valence-electron chi connectivity index (χ3n) is 4.40. The molecule has 0 unspecified atom stereocenters. The minimum atomic E-state index is 0.0952. The Morgan fingerprint density at radius 1 is 1.00 bits per heavy atom. The number of hydrogen-bond acceptors (Lipinski definition) is 4. The maximum Gasteiger partial charge on any atom is 0.159 e. The molecule has 1 aromatic rings. The van der Waals surface area contributed by atoms with Crippen LogP contribution < -0.4 is 9.47 Å². The van der Waals surface area contributed by atoms with E-state index in [9.17, 15) is 9.59 Å². The highest BCUT2D eigenvalue weighted by Crippen LogP contribution is 2.29. The maximum absolute atomic E-state index is 12.2. The van der Waals surface area contributed by atoms with Gasteiger partial charge in [-0.25, -0.2) is 0 Å². The summed E-state index contributed by atoms with van der Waals surface area (Å²) in [5.41, 5.74) is 4.12. The van der Waals surface area contributed by atoms with E-state index in [1.54, 1.807) is 27.2 Å². The molecule has 0 heterocycles. The molecule has 0 atom stereocenters. The van der Waals surface area contributed by atoms with E-state index in [0.717, 1.165) is 46.6 Å². The van der Waals surface area contributed by atoms with E-state index >= 15 is 0 Å². The van der Waals surface area contributed by atoms with Crippen molar-refractivity contribution in [3.05, 3.63) is 46.6 Å². The first kappa shape index (κ1) is 22.7. The topological polar surface area (TPSA) is 52.6 Å². The van der Waals surface area contributed by atoms with Crippen LogP contribution in [0.4, 0.5) is 0 Å². The van der Waals surface area contributed by atoms with Crippen molar-refractivity contribution in [1.29, 1.82) is 0 Å². The Bertz CT molecular complexity index is 726. The van der Waals surface area contributed by atoms with Gasteiger partial charge in [-0.2, -0.15) is 0 Å². The zero-order chi connectivity index (χ0) is 20.4. The van der Waals surface area contributed by atoms with Crippen LogP contribution in [-0.4, -0.2) is 25.8 Å². The molecule has 0 N–H and O–H groups in total. The number of rotatable bonds is 11. The summed E-state index contributed by atoms with van der Waals surface area (Å²) >= 11 is 0. The van der Waals surface area contributed by atoms with Gasteiger partial charge in [0.2, 0.25) is 0 Å². The molecule has 0 fully saturated rings. The van der Waals surface area contributed by atoms with E-state index < -0.39 is 0 Å². The average molecular weight is 373 g/mol. The average Bonchev–Trinajstić information content (AvgIpc) is 2.58. The molecule has 0 aromatic heterocycles. The molecule has 0 radical (unpaired) electrons. The van der Waals surface area contributed by atoms with Crippen LogP contribution in [0.15, 0.2) is 35.4 Å². The van der Waals surface area contributed by atoms with Gasteiger partial charge < -0.3 is 14.3 Å². The molecule has 27 heavy (non-hydrogen) atoms. The van der Waals surface area contributed by atoms with E-state index in [0.29, 0.717) is 19.3 Å². The van der Waals surface area contributed by atoms with E-state index in [1.165, 1.54) is 0 Å². The van der Waals surface area contributed by atoms with Gasteiger partial charge in [-0.3, -0.25) is 4.79 Å². The lowest BCUT2D eigenvalue weighted by atomic mass is 10.0. The Labute approximate surface area is 163 Å². The monoisotopic (exact) mass is 372 g/mol. The van der Waals surface area contributed by atoms with Gasteiger partial charge in [-0.05, 0) is 70.7 Å². The predicted octanol–water partition coefficient (Wildman–Crippen LogP) is 5.17. The van der Waals surface area contributed by atoms with Crippen molar-refractivity contribution in [1.82, 2.24) is 0 Å². The Kier molecular flexibility index (Phi) is 9.55. The summed E-state index contributed by atoms with van der Waals surface area (Å²) in [6.07, 6.45) is 7.00. The van der Waals surface area contributed by atoms with Gasteiger partial charge in [0, 0.05) is 18.4 Å². The number of benzene rings is 1. The summed E-state index contributed by atoms with van der Waals surface area (Å²) in [6.45, 7) is 7.50. The van der Waals surface area contributed by atoms with Crippen molar-refractivity contribution in [3.8, 4) is 11.5 Å². The molecule has 0 aliphatic heterocycles. The van der Waals surface area contributed by atoms with Gasteiger partial charge in [-0.1, -0.05) is 17.2 Å². The number of Topliss-reactive ketones (excluding diaryl/α,β-unsaturated/α-hetero) is 1. The molecule has 4 nitrogen and oxygen atoms in total. The number of carbonyl (C=O) groups is 2. The molecular formula is C23H32O4. The van der Waals surface area contributed by atoms with Crippen LogP contribution >= 0.6 is 0 Å². The Morgan fingerprint density at radius 3 is 2.30 bits per heavy atom. The maximum atomic E-state index is 12.2. The molecule has 0 spiro atoms. The van der Waals surface area contributed by atoms with Crippen LogP contribution in [0, 0.1) is 6.92 Å². The van der Waals surface area contributed by atoms with Crippen molar-refractivity contribution in [2.45, 2.75) is 59.8 Å². The first-order chi connectivity index (χ1) is 12.8. The molecular weight excluding hydrogens is 340 g/mol. The lowest BCUT2D eigenvalue weighted by Crippen LogP contribution is -1.98. The van der Waals surface area contributed by atoms with Crippen molar-refractivity contribution in [3.63, 3.8) is 0 Å². The third kappa shape index (κ3) is 8.25. The number of aryl methyl sites for hydroxylation is 1. The van der Waals surface area contributed by atoms with E-state index in [-0.39, 0.29) is 11.6 Å². The van der Waals surface area contributed by atoms with Crippen molar-refractivity contribution in [2.24, 2.45) is 0 Å². The van der Waals surface area contributed by atoms with Gasteiger partial charge in [0.25, 0.3) is 0 Å². The lowest BCUT2D eigenvalue weighted by Gasteiger charge is -2.12. The fourth-order valence-electron chi connectivity index (χ4n) is 3.02. The van der Waals surface area contributed by atoms with Crippen LogP contribution in [0.2, 0.25) is 0 Å². The number of ketones is 2. The van der Waals surface area contributed by atoms with Crippen LogP contribution in [0.3, 0.4) is 0 Å². The van der Waals surface area contributed by atoms with E-state index in [2.05, 4.69) is 6.08 Å². The molecule has 0 saturated heterocycles. The number of allylic oxidation sites excluding steroid dienone is 4. The Hall–Kier alpha value is -2.36. The molecule has 1 rings (SSSR count). The summed E-state index contributed by atoms with van der Waals surface area (Å²) in [6, 6.07) is 3.92. The molecule has 4 heteroatoms. The minimum absolute atomic E-state index is 0.0952. The second-order valence-electron chi connectivity index (χ2n) is 7.08. The van der Waals surface area contributed by atoms with Crippen LogP contribution in [-0.2, 0) is 16.0 Å². The lowest BCUT2D eigenvalue weighted by molar-refractivity contribution is -0.117. The summed E-state index contributed by atoms with van der Waals surface area (Å²) in [4.78, 5) is 23.2. The van der Waals surface area contributed by atoms with Crippen LogP contribution in [0.5, 0.6) is 11.5 Å². The van der Waals surface area contributed by atoms with Gasteiger partial charge >= 0.3 is 0 Å². The quantitative estimate of drug-likeness (QED) is 0.397. The molecule has 1 aromatic carbocycles. The van der Waals surface area contributed by atoms with Gasteiger partial charge in [0.05, 0.1) is 14.2 Å². The Balaban J connectivity index is 2.71. The standard InChI is InChI=1S/C23H32O4/c1-16(8-7-9-19(4)24)12-21(25)13-17(2)10-11-20-15-22(26-5)14-18(3)23(20)27-6/h10,12,14-15H,7-9,11,13H2,1-6H3. The highest BCUT2D eigenvalue weighted by molar-refractivity contribution is 5.91. The van der Waals surface area contributed by atoms with Gasteiger partial charge in [-0.15, -0.1) is 0 Å². The van der Waals surface area contributed by atoms with Gasteiger partial charge in [0.15, 0.2) is 5.78 Å². The summed E-state index contributed by atoms with van der Waals surface area (Å²) in [5, 5.41) is 0. The fourth-order valence-corrected chi connectivity index (χ4v) is 3.02. The Morgan fingerprint density at radius 2 is 1.70 bits per heavy atom. The first-order valence-electron chi connectivity index (χ1n) is 9.33. The first-order valence-corrected chi connectivity index (χ1v) is 9.33. The molecule has 0 aliphatic carbocycles. The fraction of sp³-hybridized carbons (Fsp3) is 0.478. The number of methoxy groups -OCH3 is 2. The smallest absolute Gasteiger partial charge is 0.159 e. The minimum Gasteiger partial charge on any atom is -0.497 e. The molecule has 0 saturated carbocycles. The molecule has 0 amide bonds. The number of carbonyl (C=O) groups excluding carboxylic acids is 2. The molecule has 148 valence electrons. The summed E-state index contributed by atoms with van der Waals surface area (Å²) in [5.74, 6) is 1.94. The van der Waals surface area contributed by atoms with Crippen molar-refractivity contribution < 1.29 is 19.1 Å². The second-order valence-corrected chi connectivity index (χ2v) is 7.08. The summed E-state index contributed by atoms with van der Waals surface area (Å²) in [7, 11) is 3.31. The third-order valence-corrected chi connectivity index (χ3v) is 4.40. The van der Waals surface area contributed by atoms with Crippen LogP contribution in [0.1, 0.15) is 57.6 Å². The number of hydrogen-bond donors (Lipinski definition) is 0. The van der Waals surface area contributed by atoms with Gasteiger partial charge in [0.1, 0.15) is 17.3 Å². The second kappa shape index (κ2) is 11.4. The van der Waals surface area contributed by atoms with Crippen molar-refractivity contribution in [2.75, 3.05) is 14.2 Å². The molecule has 0 aliphatic rings.